The van der Waals surface area contributed by atoms with Crippen molar-refractivity contribution in [1.82, 2.24) is 4.72 Å². The van der Waals surface area contributed by atoms with Crippen molar-refractivity contribution in [1.29, 1.82) is 0 Å². The van der Waals surface area contributed by atoms with Gasteiger partial charge in [0.2, 0.25) is 10.0 Å². The van der Waals surface area contributed by atoms with E-state index in [0.29, 0.717) is 27.8 Å². The minimum absolute atomic E-state index is 0.458. The van der Waals surface area contributed by atoms with Gasteiger partial charge in [-0.2, -0.15) is 17.9 Å². The summed E-state index contributed by atoms with van der Waals surface area (Å²) in [6, 6.07) is 20.9. The van der Waals surface area contributed by atoms with E-state index >= 15 is 0 Å². The van der Waals surface area contributed by atoms with Crippen molar-refractivity contribution >= 4 is 15.7 Å². The molecule has 38 heavy (non-hydrogen) atoms. The fourth-order valence-electron chi connectivity index (χ4n) is 4.40. The van der Waals surface area contributed by atoms with E-state index in [1.54, 1.807) is 56.3 Å². The third-order valence-electron chi connectivity index (χ3n) is 6.26. The van der Waals surface area contributed by atoms with Gasteiger partial charge in [-0.3, -0.25) is 10.1 Å². The molecule has 196 valence electrons. The van der Waals surface area contributed by atoms with E-state index in [2.05, 4.69) is 4.72 Å². The van der Waals surface area contributed by atoms with Gasteiger partial charge < -0.3 is 0 Å². The quantitative estimate of drug-likeness (QED) is 0.203. The predicted molar refractivity (Wildman–Crippen MR) is 138 cm³/mol. The van der Waals surface area contributed by atoms with Crippen LogP contribution < -0.4 is 4.72 Å². The van der Waals surface area contributed by atoms with Crippen molar-refractivity contribution in [3.05, 3.63) is 129 Å². The largest absolute Gasteiger partial charge is 0.416 e. The molecule has 0 fully saturated rings. The van der Waals surface area contributed by atoms with Crippen LogP contribution in [0.4, 0.5) is 18.9 Å². The second-order valence-corrected chi connectivity index (χ2v) is 10.4. The van der Waals surface area contributed by atoms with Crippen LogP contribution in [0.1, 0.15) is 33.9 Å². The van der Waals surface area contributed by atoms with Gasteiger partial charge in [0.1, 0.15) is 0 Å². The highest BCUT2D eigenvalue weighted by Crippen LogP contribution is 2.38. The summed E-state index contributed by atoms with van der Waals surface area (Å²) in [5.74, 6) is 0. The number of alkyl halides is 3. The molecule has 4 aromatic rings. The number of halogens is 3. The number of para-hydroxylation sites is 1. The Kier molecular flexibility index (Phi) is 7.39. The van der Waals surface area contributed by atoms with E-state index in [4.69, 9.17) is 0 Å². The van der Waals surface area contributed by atoms with Crippen LogP contribution in [-0.2, 0) is 16.2 Å². The SMILES string of the molecule is Cc1ccccc1C(NS(=O)(=O)c1ccccc1[N+](=O)[O-])c1c(C)cccc1-c1ccc(C(F)(F)F)cc1. The first-order valence-electron chi connectivity index (χ1n) is 11.5. The fourth-order valence-corrected chi connectivity index (χ4v) is 5.75. The predicted octanol–water partition coefficient (Wildman–Crippen LogP) is 6.97. The molecule has 0 heterocycles. The Balaban J connectivity index is 1.92. The number of benzene rings is 4. The van der Waals surface area contributed by atoms with E-state index in [9.17, 15) is 31.7 Å². The molecule has 0 saturated heterocycles. The standard InChI is InChI=1S/C28H23F3N2O4S/c1-18-8-3-4-10-22(18)27(32-38(36,37)25-13-6-5-12-24(25)33(34)35)26-19(2)9-7-11-23(26)20-14-16-21(17-15-20)28(29,30)31/h3-17,27,32H,1-2H3. The highest BCUT2D eigenvalue weighted by Gasteiger charge is 2.32. The van der Waals surface area contributed by atoms with Crippen molar-refractivity contribution in [2.45, 2.75) is 31.0 Å². The van der Waals surface area contributed by atoms with Gasteiger partial charge in [0, 0.05) is 6.07 Å². The molecule has 0 aromatic heterocycles. The monoisotopic (exact) mass is 540 g/mol. The lowest BCUT2D eigenvalue weighted by Gasteiger charge is -2.26. The smallest absolute Gasteiger partial charge is 0.258 e. The van der Waals surface area contributed by atoms with Crippen LogP contribution >= 0.6 is 0 Å². The molecule has 10 heteroatoms. The second kappa shape index (κ2) is 10.4. The molecule has 4 aromatic carbocycles. The number of aryl methyl sites for hydroxylation is 2. The highest BCUT2D eigenvalue weighted by molar-refractivity contribution is 7.89. The Morgan fingerprint density at radius 2 is 1.42 bits per heavy atom. The lowest BCUT2D eigenvalue weighted by molar-refractivity contribution is -0.387. The first-order valence-corrected chi connectivity index (χ1v) is 13.0. The maximum atomic E-state index is 13.6. The van der Waals surface area contributed by atoms with Crippen molar-refractivity contribution in [3.63, 3.8) is 0 Å². The van der Waals surface area contributed by atoms with E-state index in [1.165, 1.54) is 24.3 Å². The van der Waals surface area contributed by atoms with Gasteiger partial charge in [-0.1, -0.05) is 66.7 Å². The Hall–Kier alpha value is -4.02. The average Bonchev–Trinajstić information content (AvgIpc) is 2.87. The first-order chi connectivity index (χ1) is 17.9. The third-order valence-corrected chi connectivity index (χ3v) is 7.73. The van der Waals surface area contributed by atoms with E-state index in [1.807, 2.05) is 0 Å². The molecule has 0 aliphatic rings. The molecule has 6 nitrogen and oxygen atoms in total. The van der Waals surface area contributed by atoms with Gasteiger partial charge >= 0.3 is 6.18 Å². The maximum absolute atomic E-state index is 13.6. The molecule has 0 bridgehead atoms. The minimum atomic E-state index is -4.50. The summed E-state index contributed by atoms with van der Waals surface area (Å²) < 4.78 is 69.4. The number of nitro groups is 1. The molecular weight excluding hydrogens is 517 g/mol. The number of sulfonamides is 1. The number of nitro benzene ring substituents is 1. The van der Waals surface area contributed by atoms with Crippen LogP contribution in [0, 0.1) is 24.0 Å². The summed E-state index contributed by atoms with van der Waals surface area (Å²) >= 11 is 0. The molecule has 0 saturated carbocycles. The van der Waals surface area contributed by atoms with Gasteiger partial charge in [-0.15, -0.1) is 0 Å². The maximum Gasteiger partial charge on any atom is 0.416 e. The molecule has 0 spiro atoms. The number of nitrogens with zero attached hydrogens (tertiary/aromatic N) is 1. The fraction of sp³-hybridized carbons (Fsp3) is 0.143. The van der Waals surface area contributed by atoms with Crippen molar-refractivity contribution in [2.75, 3.05) is 0 Å². The van der Waals surface area contributed by atoms with Crippen LogP contribution in [0.5, 0.6) is 0 Å². The molecule has 1 atom stereocenters. The zero-order chi connectivity index (χ0) is 27.7. The topological polar surface area (TPSA) is 89.3 Å². The van der Waals surface area contributed by atoms with Crippen molar-refractivity contribution in [2.24, 2.45) is 0 Å². The van der Waals surface area contributed by atoms with Gasteiger partial charge in [0.15, 0.2) is 4.90 Å². The number of nitrogens with one attached hydrogen (secondary N) is 1. The number of hydrogen-bond acceptors (Lipinski definition) is 4. The van der Waals surface area contributed by atoms with Crippen LogP contribution in [0.25, 0.3) is 11.1 Å². The number of rotatable bonds is 7. The Morgan fingerprint density at radius 1 is 0.816 bits per heavy atom. The second-order valence-electron chi connectivity index (χ2n) is 8.75. The lowest BCUT2D eigenvalue weighted by atomic mass is 9.87. The summed E-state index contributed by atoms with van der Waals surface area (Å²) in [6.45, 7) is 3.57. The average molecular weight is 541 g/mol. The van der Waals surface area contributed by atoms with Crippen LogP contribution in [0.15, 0.2) is 95.9 Å². The molecule has 4 rings (SSSR count). The molecule has 0 amide bonds. The van der Waals surface area contributed by atoms with Crippen LogP contribution in [0.3, 0.4) is 0 Å². The zero-order valence-corrected chi connectivity index (χ0v) is 21.2. The van der Waals surface area contributed by atoms with E-state index < -0.39 is 43.3 Å². The summed E-state index contributed by atoms with van der Waals surface area (Å²) in [5, 5.41) is 11.6. The van der Waals surface area contributed by atoms with Gasteiger partial charge in [0.05, 0.1) is 16.5 Å². The summed E-state index contributed by atoms with van der Waals surface area (Å²) in [5.41, 5.74) is 2.16. The van der Waals surface area contributed by atoms with Gasteiger partial charge in [0.25, 0.3) is 5.69 Å². The van der Waals surface area contributed by atoms with Gasteiger partial charge in [-0.05, 0) is 65.4 Å². The number of hydrogen-bond donors (Lipinski definition) is 1. The molecule has 1 unspecified atom stereocenters. The molecule has 0 radical (unpaired) electrons. The van der Waals surface area contributed by atoms with Crippen LogP contribution in [-0.4, -0.2) is 13.3 Å². The Labute approximate surface area is 218 Å². The summed E-state index contributed by atoms with van der Waals surface area (Å²) in [7, 11) is -4.43. The van der Waals surface area contributed by atoms with E-state index in [0.717, 1.165) is 29.8 Å². The zero-order valence-electron chi connectivity index (χ0n) is 20.4. The normalized spacial score (nSPS) is 12.8. The Morgan fingerprint density at radius 3 is 2.05 bits per heavy atom. The summed E-state index contributed by atoms with van der Waals surface area (Å²) in [4.78, 5) is 10.3. The van der Waals surface area contributed by atoms with Crippen LogP contribution in [0.2, 0.25) is 0 Å². The third kappa shape index (κ3) is 5.46. The highest BCUT2D eigenvalue weighted by atomic mass is 32.2. The minimum Gasteiger partial charge on any atom is -0.258 e. The first kappa shape index (κ1) is 27.0. The van der Waals surface area contributed by atoms with Crippen molar-refractivity contribution in [3.8, 4) is 11.1 Å². The molecular formula is C28H23F3N2O4S. The summed E-state index contributed by atoms with van der Waals surface area (Å²) in [6.07, 6.45) is -4.50. The van der Waals surface area contributed by atoms with Gasteiger partial charge in [-0.25, -0.2) is 8.42 Å². The van der Waals surface area contributed by atoms with E-state index in [-0.39, 0.29) is 0 Å². The molecule has 0 aliphatic heterocycles. The Bertz CT molecular complexity index is 1600. The molecule has 1 N–H and O–H groups in total. The van der Waals surface area contributed by atoms with Crippen molar-refractivity contribution < 1.29 is 26.5 Å². The lowest BCUT2D eigenvalue weighted by Crippen LogP contribution is -2.31. The molecule has 0 aliphatic carbocycles.